The smallest absolute Gasteiger partial charge is 0.228 e. The van der Waals surface area contributed by atoms with Crippen molar-refractivity contribution in [3.8, 4) is 0 Å². The molecule has 1 atom stereocenters. The number of hydrogen-bond acceptors (Lipinski definition) is 5. The molecular formula is C12H24N2O4. The van der Waals surface area contributed by atoms with Crippen molar-refractivity contribution in [2.24, 2.45) is 11.3 Å². The summed E-state index contributed by atoms with van der Waals surface area (Å²) in [4.78, 5) is 12.4. The molecule has 1 rings (SSSR count). The first-order valence-corrected chi connectivity index (χ1v) is 6.32. The van der Waals surface area contributed by atoms with Gasteiger partial charge in [-0.05, 0) is 18.9 Å². The minimum absolute atomic E-state index is 0.140. The fourth-order valence-electron chi connectivity index (χ4n) is 2.29. The maximum atomic E-state index is 12.4. The summed E-state index contributed by atoms with van der Waals surface area (Å²) in [6, 6.07) is 0. The molecule has 0 aromatic rings. The molecule has 1 unspecified atom stereocenters. The van der Waals surface area contributed by atoms with Gasteiger partial charge in [-0.15, -0.1) is 0 Å². The number of aliphatic hydroxyl groups is 3. The first-order chi connectivity index (χ1) is 8.46. The van der Waals surface area contributed by atoms with E-state index in [1.54, 1.807) is 0 Å². The van der Waals surface area contributed by atoms with Gasteiger partial charge in [0, 0.05) is 6.54 Å². The lowest BCUT2D eigenvalue weighted by atomic mass is 9.75. The Bertz CT molecular complexity index is 276. The van der Waals surface area contributed by atoms with E-state index in [0.29, 0.717) is 6.54 Å². The Morgan fingerprint density at radius 2 is 1.89 bits per heavy atom. The minimum atomic E-state index is -1.35. The molecule has 1 fully saturated rings. The Labute approximate surface area is 107 Å². The zero-order chi connectivity index (χ0) is 13.8. The van der Waals surface area contributed by atoms with Crippen LogP contribution in [-0.4, -0.2) is 59.7 Å². The van der Waals surface area contributed by atoms with E-state index in [9.17, 15) is 20.1 Å². The van der Waals surface area contributed by atoms with Crippen molar-refractivity contribution in [3.63, 3.8) is 0 Å². The highest BCUT2D eigenvalue weighted by atomic mass is 16.3. The van der Waals surface area contributed by atoms with Gasteiger partial charge in [0.15, 0.2) is 0 Å². The second kappa shape index (κ2) is 5.97. The van der Waals surface area contributed by atoms with Crippen molar-refractivity contribution >= 4 is 5.91 Å². The van der Waals surface area contributed by atoms with E-state index >= 15 is 0 Å². The van der Waals surface area contributed by atoms with Crippen molar-refractivity contribution < 1.29 is 20.1 Å². The number of nitrogens with one attached hydrogen (secondary N) is 2. The van der Waals surface area contributed by atoms with Crippen molar-refractivity contribution in [2.45, 2.75) is 25.8 Å². The number of hydrogen-bond donors (Lipinski definition) is 5. The molecule has 0 aliphatic carbocycles. The number of rotatable bonds is 6. The molecule has 0 aromatic carbocycles. The normalized spacial score (nSPS) is 24.6. The van der Waals surface area contributed by atoms with E-state index in [0.717, 1.165) is 13.0 Å². The molecule has 1 saturated heterocycles. The van der Waals surface area contributed by atoms with Crippen molar-refractivity contribution in [1.82, 2.24) is 10.6 Å². The summed E-state index contributed by atoms with van der Waals surface area (Å²) in [6.45, 7) is 3.83. The summed E-state index contributed by atoms with van der Waals surface area (Å²) in [5, 5.41) is 33.5. The fraction of sp³-hybridized carbons (Fsp3) is 0.917. The van der Waals surface area contributed by atoms with Crippen LogP contribution in [0.15, 0.2) is 0 Å². The van der Waals surface area contributed by atoms with Crippen LogP contribution in [0.25, 0.3) is 0 Å². The van der Waals surface area contributed by atoms with Crippen LogP contribution in [0.3, 0.4) is 0 Å². The van der Waals surface area contributed by atoms with Gasteiger partial charge in [0.05, 0.1) is 25.2 Å². The van der Waals surface area contributed by atoms with Crippen LogP contribution in [0, 0.1) is 11.3 Å². The zero-order valence-corrected chi connectivity index (χ0v) is 11.1. The molecule has 0 bridgehead atoms. The largest absolute Gasteiger partial charge is 0.394 e. The van der Waals surface area contributed by atoms with Gasteiger partial charge in [0.1, 0.15) is 5.54 Å². The van der Waals surface area contributed by atoms with Crippen molar-refractivity contribution in [1.29, 1.82) is 0 Å². The molecule has 0 radical (unpaired) electrons. The molecule has 6 nitrogen and oxygen atoms in total. The third-order valence-electron chi connectivity index (χ3n) is 4.03. The van der Waals surface area contributed by atoms with Crippen molar-refractivity contribution in [2.75, 3.05) is 32.9 Å². The predicted octanol–water partition coefficient (Wildman–Crippen LogP) is -1.55. The molecule has 18 heavy (non-hydrogen) atoms. The summed E-state index contributed by atoms with van der Waals surface area (Å²) >= 11 is 0. The Morgan fingerprint density at radius 3 is 2.22 bits per heavy atom. The van der Waals surface area contributed by atoms with Gasteiger partial charge in [-0.1, -0.05) is 13.8 Å². The van der Waals surface area contributed by atoms with Gasteiger partial charge in [-0.2, -0.15) is 0 Å². The average Bonchev–Trinajstić information content (AvgIpc) is 2.86. The van der Waals surface area contributed by atoms with Gasteiger partial charge in [-0.3, -0.25) is 4.79 Å². The molecular weight excluding hydrogens is 236 g/mol. The molecule has 0 spiro atoms. The number of aliphatic hydroxyl groups excluding tert-OH is 3. The maximum absolute atomic E-state index is 12.4. The molecule has 0 saturated carbocycles. The summed E-state index contributed by atoms with van der Waals surface area (Å²) in [6.07, 6.45) is 0.717. The van der Waals surface area contributed by atoms with Gasteiger partial charge < -0.3 is 26.0 Å². The van der Waals surface area contributed by atoms with Gasteiger partial charge in [-0.25, -0.2) is 0 Å². The Hall–Kier alpha value is -0.690. The van der Waals surface area contributed by atoms with Crippen molar-refractivity contribution in [3.05, 3.63) is 0 Å². The highest BCUT2D eigenvalue weighted by molar-refractivity contribution is 5.84. The minimum Gasteiger partial charge on any atom is -0.394 e. The third-order valence-corrected chi connectivity index (χ3v) is 4.03. The van der Waals surface area contributed by atoms with E-state index in [1.165, 1.54) is 0 Å². The van der Waals surface area contributed by atoms with Gasteiger partial charge in [0.25, 0.3) is 0 Å². The molecule has 0 aromatic heterocycles. The standard InChI is InChI=1S/C12H24N2O4/c1-9(2)12(3-4-13-5-12)10(18)14-11(6-15,7-16)8-17/h9,13,15-17H,3-8H2,1-2H3,(H,14,18). The lowest BCUT2D eigenvalue weighted by Gasteiger charge is -2.37. The predicted molar refractivity (Wildman–Crippen MR) is 66.9 cm³/mol. The quantitative estimate of drug-likeness (QED) is 0.398. The first kappa shape index (κ1) is 15.4. The Kier molecular flexibility index (Phi) is 5.10. The van der Waals surface area contributed by atoms with Crippen LogP contribution in [-0.2, 0) is 4.79 Å². The second-order valence-electron chi connectivity index (χ2n) is 5.45. The Morgan fingerprint density at radius 1 is 1.33 bits per heavy atom. The fourth-order valence-corrected chi connectivity index (χ4v) is 2.29. The number of carbonyl (C=O) groups is 1. The van der Waals surface area contributed by atoms with E-state index in [-0.39, 0.29) is 11.8 Å². The first-order valence-electron chi connectivity index (χ1n) is 6.32. The molecule has 5 N–H and O–H groups in total. The Balaban J connectivity index is 2.85. The summed E-state index contributed by atoms with van der Waals surface area (Å²) < 4.78 is 0. The molecule has 6 heteroatoms. The monoisotopic (exact) mass is 260 g/mol. The third kappa shape index (κ3) is 2.66. The van der Waals surface area contributed by atoms with E-state index in [2.05, 4.69) is 10.6 Å². The zero-order valence-electron chi connectivity index (χ0n) is 11.1. The summed E-state index contributed by atoms with van der Waals surface area (Å²) in [7, 11) is 0. The SMILES string of the molecule is CC(C)C1(C(=O)NC(CO)(CO)CO)CCNC1. The van der Waals surface area contributed by atoms with E-state index in [4.69, 9.17) is 0 Å². The molecule has 106 valence electrons. The van der Waals surface area contributed by atoms with Gasteiger partial charge >= 0.3 is 0 Å². The summed E-state index contributed by atoms with van der Waals surface area (Å²) in [5.74, 6) is -0.0825. The van der Waals surface area contributed by atoms with Crippen LogP contribution < -0.4 is 10.6 Å². The van der Waals surface area contributed by atoms with Crippen LogP contribution in [0.2, 0.25) is 0 Å². The summed E-state index contributed by atoms with van der Waals surface area (Å²) in [5.41, 5.74) is -1.88. The average molecular weight is 260 g/mol. The number of amides is 1. The lowest BCUT2D eigenvalue weighted by Crippen LogP contribution is -2.61. The second-order valence-corrected chi connectivity index (χ2v) is 5.45. The van der Waals surface area contributed by atoms with Crippen LogP contribution in [0.1, 0.15) is 20.3 Å². The van der Waals surface area contributed by atoms with Gasteiger partial charge in [0.2, 0.25) is 5.91 Å². The number of carbonyl (C=O) groups excluding carboxylic acids is 1. The van der Waals surface area contributed by atoms with Crippen LogP contribution >= 0.6 is 0 Å². The van der Waals surface area contributed by atoms with E-state index < -0.39 is 30.8 Å². The molecule has 1 aliphatic rings. The lowest BCUT2D eigenvalue weighted by molar-refractivity contribution is -0.137. The maximum Gasteiger partial charge on any atom is 0.228 e. The molecule has 1 heterocycles. The van der Waals surface area contributed by atoms with Crippen LogP contribution in [0.5, 0.6) is 0 Å². The highest BCUT2D eigenvalue weighted by Gasteiger charge is 2.46. The topological polar surface area (TPSA) is 102 Å². The molecule has 1 amide bonds. The highest BCUT2D eigenvalue weighted by Crippen LogP contribution is 2.34. The van der Waals surface area contributed by atoms with E-state index in [1.807, 2.05) is 13.8 Å². The molecule has 1 aliphatic heterocycles. The van der Waals surface area contributed by atoms with Crippen LogP contribution in [0.4, 0.5) is 0 Å².